The lowest BCUT2D eigenvalue weighted by atomic mass is 9.92. The quantitative estimate of drug-likeness (QED) is 0.900. The number of halogens is 1. The van der Waals surface area contributed by atoms with Gasteiger partial charge in [-0.3, -0.25) is 4.79 Å². The van der Waals surface area contributed by atoms with Gasteiger partial charge in [-0.2, -0.15) is 0 Å². The normalized spacial score (nSPS) is 18.3. The summed E-state index contributed by atoms with van der Waals surface area (Å²) in [6.07, 6.45) is 2.67. The van der Waals surface area contributed by atoms with Crippen LogP contribution in [0.4, 0.5) is 0 Å². The summed E-state index contributed by atoms with van der Waals surface area (Å²) in [6.45, 7) is 3.71. The smallest absolute Gasteiger partial charge is 0.226 e. The Morgan fingerprint density at radius 3 is 2.40 bits per heavy atom. The summed E-state index contributed by atoms with van der Waals surface area (Å²) < 4.78 is 0. The molecule has 0 bridgehead atoms. The lowest BCUT2D eigenvalue weighted by molar-refractivity contribution is -0.132. The van der Waals surface area contributed by atoms with Crippen LogP contribution in [0.3, 0.4) is 0 Å². The SMILES string of the molecule is CC(N)C1CCCN(C(=O)Cc2ccc(-c3ccccc3)cc2)C1.Cl. The molecule has 3 rings (SSSR count). The van der Waals surface area contributed by atoms with Gasteiger partial charge in [0.2, 0.25) is 5.91 Å². The van der Waals surface area contributed by atoms with Gasteiger partial charge in [0.15, 0.2) is 0 Å². The van der Waals surface area contributed by atoms with Gasteiger partial charge in [-0.15, -0.1) is 12.4 Å². The van der Waals surface area contributed by atoms with Crippen LogP contribution in [0.1, 0.15) is 25.3 Å². The largest absolute Gasteiger partial charge is 0.342 e. The first kappa shape index (κ1) is 19.5. The van der Waals surface area contributed by atoms with Crippen LogP contribution in [0.2, 0.25) is 0 Å². The van der Waals surface area contributed by atoms with E-state index in [1.807, 2.05) is 30.0 Å². The molecule has 2 N–H and O–H groups in total. The first-order chi connectivity index (χ1) is 11.6. The number of hydrogen-bond acceptors (Lipinski definition) is 2. The van der Waals surface area contributed by atoms with Crippen molar-refractivity contribution in [2.45, 2.75) is 32.2 Å². The van der Waals surface area contributed by atoms with E-state index in [-0.39, 0.29) is 24.4 Å². The van der Waals surface area contributed by atoms with Gasteiger partial charge >= 0.3 is 0 Å². The van der Waals surface area contributed by atoms with E-state index in [2.05, 4.69) is 36.4 Å². The second-order valence-corrected chi connectivity index (χ2v) is 6.84. The Hall–Kier alpha value is -1.84. The summed E-state index contributed by atoms with van der Waals surface area (Å²) in [5.74, 6) is 0.649. The van der Waals surface area contributed by atoms with Crippen LogP contribution in [-0.4, -0.2) is 29.9 Å². The van der Waals surface area contributed by atoms with Gasteiger partial charge in [0.1, 0.15) is 0 Å². The van der Waals surface area contributed by atoms with Crippen molar-refractivity contribution in [2.75, 3.05) is 13.1 Å². The summed E-state index contributed by atoms with van der Waals surface area (Å²) in [5, 5.41) is 0. The number of rotatable bonds is 4. The molecule has 2 unspecified atom stereocenters. The van der Waals surface area contributed by atoms with Crippen molar-refractivity contribution >= 4 is 18.3 Å². The predicted molar refractivity (Wildman–Crippen MR) is 106 cm³/mol. The van der Waals surface area contributed by atoms with E-state index in [9.17, 15) is 4.79 Å². The lowest BCUT2D eigenvalue weighted by Crippen LogP contribution is -2.45. The molecule has 0 radical (unpaired) electrons. The minimum Gasteiger partial charge on any atom is -0.342 e. The van der Waals surface area contributed by atoms with Crippen molar-refractivity contribution in [1.29, 1.82) is 0 Å². The third-order valence-corrected chi connectivity index (χ3v) is 4.97. The molecule has 2 aromatic rings. The maximum Gasteiger partial charge on any atom is 0.226 e. The van der Waals surface area contributed by atoms with Crippen molar-refractivity contribution in [1.82, 2.24) is 4.90 Å². The summed E-state index contributed by atoms with van der Waals surface area (Å²) in [5.41, 5.74) is 9.47. The van der Waals surface area contributed by atoms with E-state index in [1.54, 1.807) is 0 Å². The molecular weight excluding hydrogens is 332 g/mol. The van der Waals surface area contributed by atoms with Gasteiger partial charge in [-0.1, -0.05) is 54.6 Å². The Balaban J connectivity index is 0.00000225. The molecule has 2 aromatic carbocycles. The van der Waals surface area contributed by atoms with Crippen molar-refractivity contribution in [3.05, 3.63) is 60.2 Å². The molecule has 4 heteroatoms. The molecule has 1 heterocycles. The van der Waals surface area contributed by atoms with Crippen LogP contribution in [0, 0.1) is 5.92 Å². The van der Waals surface area contributed by atoms with Gasteiger partial charge in [0, 0.05) is 19.1 Å². The Morgan fingerprint density at radius 2 is 1.76 bits per heavy atom. The van der Waals surface area contributed by atoms with E-state index in [0.717, 1.165) is 31.5 Å². The molecule has 0 aliphatic carbocycles. The maximum absolute atomic E-state index is 12.6. The number of piperidine rings is 1. The van der Waals surface area contributed by atoms with E-state index in [0.29, 0.717) is 12.3 Å². The molecule has 134 valence electrons. The van der Waals surface area contributed by atoms with Gasteiger partial charge in [0.05, 0.1) is 6.42 Å². The van der Waals surface area contributed by atoms with Crippen LogP contribution in [-0.2, 0) is 11.2 Å². The van der Waals surface area contributed by atoms with Crippen LogP contribution in [0.15, 0.2) is 54.6 Å². The minimum absolute atomic E-state index is 0. The molecule has 1 amide bonds. The summed E-state index contributed by atoms with van der Waals surface area (Å²) in [4.78, 5) is 14.6. The van der Waals surface area contributed by atoms with Crippen LogP contribution in [0.25, 0.3) is 11.1 Å². The zero-order valence-corrected chi connectivity index (χ0v) is 15.5. The second-order valence-electron chi connectivity index (χ2n) is 6.84. The molecule has 2 atom stereocenters. The molecule has 0 spiro atoms. The van der Waals surface area contributed by atoms with Gasteiger partial charge < -0.3 is 10.6 Å². The standard InChI is InChI=1S/C21H26N2O.ClH/c1-16(22)20-8-5-13-23(15-20)21(24)14-17-9-11-19(12-10-17)18-6-3-2-4-7-18;/h2-4,6-7,9-12,16,20H,5,8,13-15,22H2,1H3;1H. The summed E-state index contributed by atoms with van der Waals surface area (Å²) in [6, 6.07) is 18.8. The van der Waals surface area contributed by atoms with Gasteiger partial charge in [-0.05, 0) is 42.4 Å². The Labute approximate surface area is 156 Å². The summed E-state index contributed by atoms with van der Waals surface area (Å²) in [7, 11) is 0. The maximum atomic E-state index is 12.6. The lowest BCUT2D eigenvalue weighted by Gasteiger charge is -2.34. The third kappa shape index (κ3) is 5.07. The van der Waals surface area contributed by atoms with Gasteiger partial charge in [0.25, 0.3) is 0 Å². The number of hydrogen-bond donors (Lipinski definition) is 1. The van der Waals surface area contributed by atoms with E-state index < -0.39 is 0 Å². The highest BCUT2D eigenvalue weighted by atomic mass is 35.5. The van der Waals surface area contributed by atoms with Gasteiger partial charge in [-0.25, -0.2) is 0 Å². The molecule has 1 fully saturated rings. The number of nitrogens with two attached hydrogens (primary N) is 1. The molecule has 1 aliphatic rings. The van der Waals surface area contributed by atoms with Crippen LogP contribution < -0.4 is 5.73 Å². The average molecular weight is 359 g/mol. The third-order valence-electron chi connectivity index (χ3n) is 4.97. The molecule has 1 aliphatic heterocycles. The molecule has 25 heavy (non-hydrogen) atoms. The number of nitrogens with zero attached hydrogens (tertiary/aromatic N) is 1. The van der Waals surface area contributed by atoms with E-state index >= 15 is 0 Å². The first-order valence-electron chi connectivity index (χ1n) is 8.81. The van der Waals surface area contributed by atoms with E-state index in [4.69, 9.17) is 5.73 Å². The number of likely N-dealkylation sites (tertiary alicyclic amines) is 1. The average Bonchev–Trinajstić information content (AvgIpc) is 2.63. The Kier molecular flexibility index (Phi) is 7.03. The van der Waals surface area contributed by atoms with Crippen molar-refractivity contribution in [2.24, 2.45) is 11.7 Å². The fraction of sp³-hybridized carbons (Fsp3) is 0.381. The molecular formula is C21H27ClN2O. The predicted octanol–water partition coefficient (Wildman–Crippen LogP) is 3.90. The number of benzene rings is 2. The zero-order valence-electron chi connectivity index (χ0n) is 14.7. The minimum atomic E-state index is 0. The fourth-order valence-corrected chi connectivity index (χ4v) is 3.40. The number of carbonyl (C=O) groups excluding carboxylic acids is 1. The van der Waals surface area contributed by atoms with Crippen LogP contribution in [0.5, 0.6) is 0 Å². The van der Waals surface area contributed by atoms with Crippen molar-refractivity contribution in [3.8, 4) is 11.1 Å². The zero-order chi connectivity index (χ0) is 16.9. The summed E-state index contributed by atoms with van der Waals surface area (Å²) >= 11 is 0. The van der Waals surface area contributed by atoms with Crippen molar-refractivity contribution in [3.63, 3.8) is 0 Å². The Morgan fingerprint density at radius 1 is 1.12 bits per heavy atom. The number of carbonyl (C=O) groups is 1. The highest BCUT2D eigenvalue weighted by Gasteiger charge is 2.25. The second kappa shape index (κ2) is 9.02. The van der Waals surface area contributed by atoms with Crippen molar-refractivity contribution < 1.29 is 4.79 Å². The highest BCUT2D eigenvalue weighted by molar-refractivity contribution is 5.85. The molecule has 0 aromatic heterocycles. The molecule has 3 nitrogen and oxygen atoms in total. The topological polar surface area (TPSA) is 46.3 Å². The monoisotopic (exact) mass is 358 g/mol. The fourth-order valence-electron chi connectivity index (χ4n) is 3.40. The first-order valence-corrected chi connectivity index (χ1v) is 8.81. The Bertz CT molecular complexity index is 670. The van der Waals surface area contributed by atoms with E-state index in [1.165, 1.54) is 11.1 Å². The highest BCUT2D eigenvalue weighted by Crippen LogP contribution is 2.21. The molecule has 0 saturated carbocycles. The number of amides is 1. The van der Waals surface area contributed by atoms with Crippen LogP contribution >= 0.6 is 12.4 Å². The molecule has 1 saturated heterocycles.